The maximum atomic E-state index is 10.6. The van der Waals surface area contributed by atoms with Gasteiger partial charge in [0.1, 0.15) is 5.82 Å². The molecule has 128 valence electrons. The van der Waals surface area contributed by atoms with E-state index in [2.05, 4.69) is 22.1 Å². The molecule has 9 heteroatoms. The number of aromatic nitrogens is 3. The zero-order valence-corrected chi connectivity index (χ0v) is 13.9. The van der Waals surface area contributed by atoms with Crippen LogP contribution in [-0.4, -0.2) is 55.8 Å². The van der Waals surface area contributed by atoms with Crippen LogP contribution in [0.25, 0.3) is 0 Å². The highest BCUT2D eigenvalue weighted by Gasteiger charge is 2.23. The Morgan fingerprint density at radius 3 is 2.52 bits per heavy atom. The lowest BCUT2D eigenvalue weighted by Gasteiger charge is -2.22. The number of carbonyl (C=O) groups is 2. The molecular weight excluding hydrogens is 320 g/mol. The third kappa shape index (κ3) is 6.83. The van der Waals surface area contributed by atoms with Gasteiger partial charge in [0.2, 0.25) is 0 Å². The average molecular weight is 342 g/mol. The van der Waals surface area contributed by atoms with E-state index >= 15 is 0 Å². The van der Waals surface area contributed by atoms with Gasteiger partial charge < -0.3 is 20.1 Å². The van der Waals surface area contributed by atoms with E-state index in [1.807, 2.05) is 4.57 Å². The second kappa shape index (κ2) is 10.0. The van der Waals surface area contributed by atoms with Gasteiger partial charge in [-0.05, 0) is 25.9 Å². The Kier molecular flexibility index (Phi) is 8.35. The summed E-state index contributed by atoms with van der Waals surface area (Å²) in [7, 11) is 0. The molecule has 0 unspecified atom stereocenters. The summed E-state index contributed by atoms with van der Waals surface area (Å²) < 4.78 is 1.98. The van der Waals surface area contributed by atoms with Gasteiger partial charge in [-0.15, -0.1) is 16.8 Å². The first-order valence-electron chi connectivity index (χ1n) is 7.24. The van der Waals surface area contributed by atoms with Crippen LogP contribution in [0.2, 0.25) is 0 Å². The van der Waals surface area contributed by atoms with E-state index in [4.69, 9.17) is 15.0 Å². The Bertz CT molecular complexity index is 537. The van der Waals surface area contributed by atoms with Crippen molar-refractivity contribution in [3.8, 4) is 0 Å². The van der Waals surface area contributed by atoms with Gasteiger partial charge in [-0.25, -0.2) is 0 Å². The number of hydrogen-bond acceptors (Lipinski definition) is 6. The highest BCUT2D eigenvalue weighted by Crippen LogP contribution is 2.27. The largest absolute Gasteiger partial charge is 0.481 e. The first-order chi connectivity index (χ1) is 11.0. The van der Waals surface area contributed by atoms with Crippen LogP contribution in [0.15, 0.2) is 17.8 Å². The summed E-state index contributed by atoms with van der Waals surface area (Å²) in [5.74, 6) is -0.328. The van der Waals surface area contributed by atoms with Crippen molar-refractivity contribution in [1.29, 1.82) is 0 Å². The summed E-state index contributed by atoms with van der Waals surface area (Å²) in [4.78, 5) is 19.6. The molecule has 0 radical (unpaired) electrons. The van der Waals surface area contributed by atoms with Crippen molar-refractivity contribution in [1.82, 2.24) is 20.1 Å². The highest BCUT2D eigenvalue weighted by molar-refractivity contribution is 7.99. The molecule has 0 bridgehead atoms. The molecule has 2 heterocycles. The monoisotopic (exact) mass is 342 g/mol. The molecule has 1 saturated heterocycles. The summed E-state index contributed by atoms with van der Waals surface area (Å²) in [5, 5.41) is 28.5. The standard InChI is InChI=1S/C12H18N4O2S.C2H4O2/c1-2-7-16-11(9-3-5-13-6-4-9)14-15-12(16)19-8-10(17)18;1-2(3)4/h2,9,13H,1,3-8H2,(H,17,18);1H3,(H,3,4). The minimum Gasteiger partial charge on any atom is -0.481 e. The molecule has 2 rings (SSSR count). The average Bonchev–Trinajstić information content (AvgIpc) is 2.89. The van der Waals surface area contributed by atoms with Gasteiger partial charge in [-0.2, -0.15) is 0 Å². The third-order valence-corrected chi connectivity index (χ3v) is 4.04. The van der Waals surface area contributed by atoms with Crippen LogP contribution in [0.1, 0.15) is 31.5 Å². The van der Waals surface area contributed by atoms with Crippen LogP contribution in [0.5, 0.6) is 0 Å². The van der Waals surface area contributed by atoms with Gasteiger partial charge in [-0.3, -0.25) is 9.59 Å². The van der Waals surface area contributed by atoms with Crippen LogP contribution in [0.3, 0.4) is 0 Å². The zero-order chi connectivity index (χ0) is 17.2. The Balaban J connectivity index is 0.000000593. The normalized spacial score (nSPS) is 14.7. The van der Waals surface area contributed by atoms with E-state index in [-0.39, 0.29) is 5.75 Å². The van der Waals surface area contributed by atoms with E-state index < -0.39 is 11.9 Å². The van der Waals surface area contributed by atoms with Crippen molar-refractivity contribution < 1.29 is 19.8 Å². The molecule has 8 nitrogen and oxygen atoms in total. The zero-order valence-electron chi connectivity index (χ0n) is 13.1. The second-order valence-corrected chi connectivity index (χ2v) is 5.91. The molecular formula is C14H22N4O4S. The Morgan fingerprint density at radius 2 is 2.00 bits per heavy atom. The number of aliphatic carboxylic acids is 2. The number of piperidine rings is 1. The summed E-state index contributed by atoms with van der Waals surface area (Å²) in [6, 6.07) is 0. The number of nitrogens with one attached hydrogen (secondary N) is 1. The van der Waals surface area contributed by atoms with Crippen molar-refractivity contribution in [3.63, 3.8) is 0 Å². The Morgan fingerprint density at radius 1 is 1.39 bits per heavy atom. The number of hydrogen-bond donors (Lipinski definition) is 3. The fourth-order valence-electron chi connectivity index (χ4n) is 2.22. The smallest absolute Gasteiger partial charge is 0.313 e. The molecule has 0 atom stereocenters. The van der Waals surface area contributed by atoms with E-state index in [1.54, 1.807) is 6.08 Å². The summed E-state index contributed by atoms with van der Waals surface area (Å²) in [6.45, 7) is 7.43. The summed E-state index contributed by atoms with van der Waals surface area (Å²) in [5.41, 5.74) is 0. The summed E-state index contributed by atoms with van der Waals surface area (Å²) in [6.07, 6.45) is 3.87. The minimum atomic E-state index is -0.846. The second-order valence-electron chi connectivity index (χ2n) is 4.97. The molecule has 1 aliphatic rings. The number of carboxylic acids is 2. The lowest BCUT2D eigenvalue weighted by molar-refractivity contribution is -0.135. The number of allylic oxidation sites excluding steroid dienone is 1. The molecule has 1 fully saturated rings. The fourth-order valence-corrected chi connectivity index (χ4v) is 2.89. The molecule has 3 N–H and O–H groups in total. The lowest BCUT2D eigenvalue weighted by atomic mass is 9.97. The Labute approximate surface area is 139 Å². The quantitative estimate of drug-likeness (QED) is 0.521. The Hall–Kier alpha value is -1.87. The third-order valence-electron chi connectivity index (χ3n) is 3.09. The number of rotatable bonds is 6. The van der Waals surface area contributed by atoms with E-state index in [0.29, 0.717) is 17.6 Å². The highest BCUT2D eigenvalue weighted by atomic mass is 32.2. The molecule has 0 aromatic carbocycles. The van der Waals surface area contributed by atoms with Gasteiger partial charge in [0, 0.05) is 19.4 Å². The van der Waals surface area contributed by atoms with Crippen molar-refractivity contribution >= 4 is 23.7 Å². The molecule has 1 aromatic heterocycles. The van der Waals surface area contributed by atoms with Crippen molar-refractivity contribution in [2.24, 2.45) is 0 Å². The van der Waals surface area contributed by atoms with Gasteiger partial charge in [0.15, 0.2) is 5.16 Å². The van der Waals surface area contributed by atoms with Crippen LogP contribution in [0, 0.1) is 0 Å². The van der Waals surface area contributed by atoms with Crippen molar-refractivity contribution in [2.75, 3.05) is 18.8 Å². The van der Waals surface area contributed by atoms with Crippen molar-refractivity contribution in [3.05, 3.63) is 18.5 Å². The van der Waals surface area contributed by atoms with Crippen LogP contribution in [-0.2, 0) is 16.1 Å². The first-order valence-corrected chi connectivity index (χ1v) is 8.23. The molecule has 1 aromatic rings. The predicted molar refractivity (Wildman–Crippen MR) is 86.7 cm³/mol. The fraction of sp³-hybridized carbons (Fsp3) is 0.571. The summed E-state index contributed by atoms with van der Waals surface area (Å²) >= 11 is 1.21. The minimum absolute atomic E-state index is 0.00149. The molecule has 0 amide bonds. The van der Waals surface area contributed by atoms with Crippen LogP contribution < -0.4 is 5.32 Å². The predicted octanol–water partition coefficient (Wildman–Crippen LogP) is 1.20. The lowest BCUT2D eigenvalue weighted by Crippen LogP contribution is -2.28. The van der Waals surface area contributed by atoms with E-state index in [9.17, 15) is 4.79 Å². The van der Waals surface area contributed by atoms with Crippen LogP contribution in [0.4, 0.5) is 0 Å². The van der Waals surface area contributed by atoms with Crippen LogP contribution >= 0.6 is 11.8 Å². The molecule has 1 aliphatic heterocycles. The SMILES string of the molecule is C=CCn1c(SCC(=O)O)nnc1C1CCNCC1.CC(=O)O. The van der Waals surface area contributed by atoms with Gasteiger partial charge in [-0.1, -0.05) is 17.8 Å². The van der Waals surface area contributed by atoms with Gasteiger partial charge in [0.25, 0.3) is 5.97 Å². The molecule has 0 saturated carbocycles. The maximum absolute atomic E-state index is 10.6. The molecule has 23 heavy (non-hydrogen) atoms. The van der Waals surface area contributed by atoms with Gasteiger partial charge in [0.05, 0.1) is 5.75 Å². The number of carboxylic acid groups (broad SMARTS) is 2. The topological polar surface area (TPSA) is 117 Å². The maximum Gasteiger partial charge on any atom is 0.313 e. The number of thioether (sulfide) groups is 1. The van der Waals surface area contributed by atoms with E-state index in [0.717, 1.165) is 38.7 Å². The molecule has 0 spiro atoms. The van der Waals surface area contributed by atoms with Gasteiger partial charge >= 0.3 is 5.97 Å². The number of nitrogens with zero attached hydrogens (tertiary/aromatic N) is 3. The molecule has 0 aliphatic carbocycles. The first kappa shape index (κ1) is 19.2. The van der Waals surface area contributed by atoms with E-state index in [1.165, 1.54) is 11.8 Å². The van der Waals surface area contributed by atoms with Crippen molar-refractivity contribution in [2.45, 2.75) is 37.4 Å².